The van der Waals surface area contributed by atoms with Crippen LogP contribution in [-0.2, 0) is 19.2 Å². The average Bonchev–Trinajstić information content (AvgIpc) is 3.17. The average molecular weight is 429 g/mol. The van der Waals surface area contributed by atoms with Gasteiger partial charge in [-0.1, -0.05) is 0 Å². The number of pyridine rings is 1. The van der Waals surface area contributed by atoms with Crippen LogP contribution >= 0.6 is 0 Å². The van der Waals surface area contributed by atoms with Gasteiger partial charge < -0.3 is 14.6 Å². The predicted octanol–water partition coefficient (Wildman–Crippen LogP) is 3.47. The fourth-order valence-electron chi connectivity index (χ4n) is 3.87. The topological polar surface area (TPSA) is 108 Å². The molecule has 30 heavy (non-hydrogen) atoms. The van der Waals surface area contributed by atoms with Crippen molar-refractivity contribution in [2.45, 2.75) is 38.5 Å². The van der Waals surface area contributed by atoms with E-state index in [1.54, 1.807) is 6.20 Å². The first kappa shape index (κ1) is 20.7. The number of rotatable bonds is 4. The molecule has 160 valence electrons. The summed E-state index contributed by atoms with van der Waals surface area (Å²) < 4.78 is 25.9. The van der Waals surface area contributed by atoms with Crippen LogP contribution in [0.1, 0.15) is 32.0 Å². The maximum atomic E-state index is 12.9. The molecule has 0 radical (unpaired) electrons. The first-order chi connectivity index (χ1) is 14.1. The summed E-state index contributed by atoms with van der Waals surface area (Å²) in [5.74, 6) is 1.36. The Kier molecular flexibility index (Phi) is 5.06. The fraction of sp³-hybridized carbons (Fsp3) is 0.476. The summed E-state index contributed by atoms with van der Waals surface area (Å²) in [5, 5.41) is 0.925. The molecule has 0 saturated carbocycles. The number of nitrogens with zero attached hydrogens (tertiary/aromatic N) is 4. The Morgan fingerprint density at radius 2 is 2.10 bits per heavy atom. The van der Waals surface area contributed by atoms with Crippen LogP contribution in [-0.4, -0.2) is 56.2 Å². The van der Waals surface area contributed by atoms with Crippen LogP contribution in [0.25, 0.3) is 22.4 Å². The Hall–Kier alpha value is -2.52. The van der Waals surface area contributed by atoms with Gasteiger partial charge in [-0.05, 0) is 39.8 Å². The van der Waals surface area contributed by atoms with E-state index in [0.717, 1.165) is 34.5 Å². The zero-order valence-corrected chi connectivity index (χ0v) is 18.8. The van der Waals surface area contributed by atoms with Gasteiger partial charge in [0.25, 0.3) is 0 Å². The highest BCUT2D eigenvalue weighted by atomic mass is 32.2. The van der Waals surface area contributed by atoms with Gasteiger partial charge in [-0.2, -0.15) is 0 Å². The Labute approximate surface area is 177 Å². The third kappa shape index (κ3) is 3.35. The number of fused-ring (bicyclic) bond motifs is 1. The monoisotopic (exact) mass is 428 g/mol. The molecule has 1 fully saturated rings. The van der Waals surface area contributed by atoms with Gasteiger partial charge in [-0.25, -0.2) is 19.2 Å². The molecule has 4 rings (SSSR count). The Morgan fingerprint density at radius 3 is 2.80 bits per heavy atom. The van der Waals surface area contributed by atoms with E-state index < -0.39 is 14.5 Å². The Balaban J connectivity index is 2.01. The van der Waals surface area contributed by atoms with Crippen LogP contribution in [0.2, 0.25) is 0 Å². The molecule has 3 aromatic heterocycles. The van der Waals surface area contributed by atoms with E-state index >= 15 is 0 Å². The SMILES string of the molecule is Cc1c(N2CCOC[C@H]2C)nc(-c2ccnc3[nH]ccc23)nc1C(C)(C)S(C)(=N)=O. The number of hydrogen-bond acceptors (Lipinski definition) is 7. The second-order valence-electron chi connectivity index (χ2n) is 8.41. The first-order valence-electron chi connectivity index (χ1n) is 10.0. The minimum Gasteiger partial charge on any atom is -0.377 e. The molecule has 1 unspecified atom stereocenters. The van der Waals surface area contributed by atoms with E-state index in [4.69, 9.17) is 19.5 Å². The minimum absolute atomic E-state index is 0.155. The van der Waals surface area contributed by atoms with Crippen molar-refractivity contribution in [2.24, 2.45) is 0 Å². The molecule has 2 N–H and O–H groups in total. The second-order valence-corrected chi connectivity index (χ2v) is 11.1. The lowest BCUT2D eigenvalue weighted by Crippen LogP contribution is -2.45. The van der Waals surface area contributed by atoms with E-state index in [1.807, 2.05) is 39.1 Å². The van der Waals surface area contributed by atoms with Gasteiger partial charge in [-0.15, -0.1) is 0 Å². The molecule has 2 atom stereocenters. The third-order valence-electron chi connectivity index (χ3n) is 6.00. The summed E-state index contributed by atoms with van der Waals surface area (Å²) in [6.07, 6.45) is 5.04. The number of aromatic amines is 1. The predicted molar refractivity (Wildman–Crippen MR) is 119 cm³/mol. The highest BCUT2D eigenvalue weighted by molar-refractivity contribution is 7.92. The van der Waals surface area contributed by atoms with Crippen LogP contribution in [0, 0.1) is 11.7 Å². The molecule has 1 aliphatic rings. The number of morpholine rings is 1. The molecule has 0 aromatic carbocycles. The number of hydrogen-bond donors (Lipinski definition) is 2. The van der Waals surface area contributed by atoms with Gasteiger partial charge in [0.2, 0.25) is 0 Å². The highest BCUT2D eigenvalue weighted by Gasteiger charge is 2.36. The van der Waals surface area contributed by atoms with Crippen LogP contribution in [0.5, 0.6) is 0 Å². The van der Waals surface area contributed by atoms with E-state index in [1.165, 1.54) is 6.26 Å². The maximum Gasteiger partial charge on any atom is 0.162 e. The molecular formula is C21H28N6O2S. The second kappa shape index (κ2) is 7.31. The summed E-state index contributed by atoms with van der Waals surface area (Å²) >= 11 is 0. The number of anilines is 1. The fourth-order valence-corrected chi connectivity index (χ4v) is 4.44. The molecule has 0 aliphatic carbocycles. The van der Waals surface area contributed by atoms with E-state index in [2.05, 4.69) is 21.8 Å². The third-order valence-corrected chi connectivity index (χ3v) is 8.15. The molecule has 8 nitrogen and oxygen atoms in total. The van der Waals surface area contributed by atoms with Gasteiger partial charge in [0.15, 0.2) is 5.82 Å². The van der Waals surface area contributed by atoms with Crippen LogP contribution in [0.3, 0.4) is 0 Å². The van der Waals surface area contributed by atoms with Crippen LogP contribution in [0.15, 0.2) is 24.5 Å². The molecule has 1 aliphatic heterocycles. The standard InChI is InChI=1S/C21H28N6O2S/c1-13-12-29-11-10-27(13)20-14(2)17(21(3,4)30(5,22)28)25-19(26-20)16-7-9-24-18-15(16)6-8-23-18/h6-9,13,22H,10-12H2,1-5H3,(H,23,24)/t13-,30?/m1/s1. The number of H-pyrrole nitrogens is 1. The van der Waals surface area contributed by atoms with Crippen LogP contribution < -0.4 is 4.90 Å². The smallest absolute Gasteiger partial charge is 0.162 e. The Morgan fingerprint density at radius 1 is 1.33 bits per heavy atom. The summed E-state index contributed by atoms with van der Waals surface area (Å²) in [6, 6.07) is 4.01. The zero-order chi connectivity index (χ0) is 21.7. The molecule has 1 saturated heterocycles. The largest absolute Gasteiger partial charge is 0.377 e. The lowest BCUT2D eigenvalue weighted by molar-refractivity contribution is 0.0984. The Bertz CT molecular complexity index is 1200. The lowest BCUT2D eigenvalue weighted by atomic mass is 10.0. The minimum atomic E-state index is -2.92. The van der Waals surface area contributed by atoms with Crippen molar-refractivity contribution in [3.63, 3.8) is 0 Å². The zero-order valence-electron chi connectivity index (χ0n) is 18.0. The number of nitrogens with one attached hydrogen (secondary N) is 2. The lowest BCUT2D eigenvalue weighted by Gasteiger charge is -2.37. The van der Waals surface area contributed by atoms with Crippen molar-refractivity contribution in [2.75, 3.05) is 30.9 Å². The van der Waals surface area contributed by atoms with Crippen molar-refractivity contribution in [3.8, 4) is 11.4 Å². The van der Waals surface area contributed by atoms with E-state index in [-0.39, 0.29) is 6.04 Å². The molecule has 9 heteroatoms. The summed E-state index contributed by atoms with van der Waals surface area (Å²) in [4.78, 5) is 19.6. The van der Waals surface area contributed by atoms with Gasteiger partial charge in [-0.3, -0.25) is 4.78 Å². The molecule has 0 spiro atoms. The van der Waals surface area contributed by atoms with Gasteiger partial charge >= 0.3 is 0 Å². The van der Waals surface area contributed by atoms with Crippen molar-refractivity contribution < 1.29 is 8.95 Å². The summed E-state index contributed by atoms with van der Waals surface area (Å²) in [5.41, 5.74) is 3.12. The molecular weight excluding hydrogens is 400 g/mol. The van der Waals surface area contributed by atoms with Gasteiger partial charge in [0, 0.05) is 41.7 Å². The van der Waals surface area contributed by atoms with E-state index in [0.29, 0.717) is 24.7 Å². The number of aromatic nitrogens is 4. The van der Waals surface area contributed by atoms with Gasteiger partial charge in [0.05, 0.1) is 39.4 Å². The van der Waals surface area contributed by atoms with Crippen LogP contribution in [0.4, 0.5) is 5.82 Å². The summed E-state index contributed by atoms with van der Waals surface area (Å²) in [6.45, 7) is 9.69. The van der Waals surface area contributed by atoms with Crippen molar-refractivity contribution >= 4 is 26.6 Å². The molecule has 0 amide bonds. The summed E-state index contributed by atoms with van der Waals surface area (Å²) in [7, 11) is -2.92. The molecule has 0 bridgehead atoms. The quantitative estimate of drug-likeness (QED) is 0.659. The highest BCUT2D eigenvalue weighted by Crippen LogP contribution is 2.37. The molecule has 4 heterocycles. The van der Waals surface area contributed by atoms with Crippen molar-refractivity contribution in [1.29, 1.82) is 4.78 Å². The van der Waals surface area contributed by atoms with Crippen molar-refractivity contribution in [1.82, 2.24) is 19.9 Å². The van der Waals surface area contributed by atoms with Gasteiger partial charge in [0.1, 0.15) is 11.5 Å². The first-order valence-corrected chi connectivity index (χ1v) is 12.0. The normalized spacial score (nSPS) is 19.8. The van der Waals surface area contributed by atoms with Crippen molar-refractivity contribution in [3.05, 3.63) is 35.8 Å². The molecule has 3 aromatic rings. The maximum absolute atomic E-state index is 12.9. The number of ether oxygens (including phenoxy) is 1. The van der Waals surface area contributed by atoms with E-state index in [9.17, 15) is 4.21 Å².